The van der Waals surface area contributed by atoms with Crippen molar-refractivity contribution in [3.8, 4) is 22.3 Å². The van der Waals surface area contributed by atoms with Gasteiger partial charge in [0.25, 0.3) is 0 Å². The normalized spacial score (nSPS) is 12.2. The maximum Gasteiger partial charge on any atom is 0.139 e. The molecule has 0 unspecified atom stereocenters. The molecule has 34 heavy (non-hydrogen) atoms. The van der Waals surface area contributed by atoms with Crippen LogP contribution in [0, 0.1) is 0 Å². The Morgan fingerprint density at radius 3 is 0.941 bits per heavy atom. The quantitative estimate of drug-likeness (QED) is 0.351. The van der Waals surface area contributed by atoms with E-state index < -0.39 is 0 Å². The lowest BCUT2D eigenvalue weighted by Crippen LogP contribution is -2.49. The van der Waals surface area contributed by atoms with Crippen LogP contribution in [0.4, 0.5) is 0 Å². The van der Waals surface area contributed by atoms with Gasteiger partial charge in [-0.25, -0.2) is 0 Å². The van der Waals surface area contributed by atoms with E-state index in [0.717, 1.165) is 0 Å². The summed E-state index contributed by atoms with van der Waals surface area (Å²) < 4.78 is 0. The molecule has 3 rings (SSSR count). The van der Waals surface area contributed by atoms with Crippen LogP contribution in [0.15, 0.2) is 24.3 Å². The van der Waals surface area contributed by atoms with E-state index in [1.165, 1.54) is 77.1 Å². The van der Waals surface area contributed by atoms with Crippen molar-refractivity contribution in [2.24, 2.45) is 0 Å². The molecule has 3 aromatic rings. The molecule has 0 bridgehead atoms. The van der Waals surface area contributed by atoms with Crippen molar-refractivity contribution in [3.63, 3.8) is 0 Å². The first-order valence-electron chi connectivity index (χ1n) is 12.8. The zero-order valence-corrected chi connectivity index (χ0v) is 24.3. The third-order valence-electron chi connectivity index (χ3n) is 8.19. The van der Waals surface area contributed by atoms with E-state index in [4.69, 9.17) is 0 Å². The van der Waals surface area contributed by atoms with Gasteiger partial charge in [0.1, 0.15) is 62.8 Å². The largest absolute Gasteiger partial charge is 0.139 e. The van der Waals surface area contributed by atoms with E-state index in [1.807, 2.05) is 0 Å². The molecule has 3 aromatic carbocycles. The molecule has 0 radical (unpaired) electrons. The van der Waals surface area contributed by atoms with Gasteiger partial charge in [0.2, 0.25) is 0 Å². The smallest absolute Gasteiger partial charge is 0.0915 e. The van der Waals surface area contributed by atoms with Crippen molar-refractivity contribution >= 4 is 106 Å². The average molecular weight is 437 g/mol. The highest BCUT2D eigenvalue weighted by atomic mass is 14.3. The van der Waals surface area contributed by atoms with Crippen LogP contribution in [-0.2, 0) is 10.8 Å². The van der Waals surface area contributed by atoms with Gasteiger partial charge in [0.05, 0.1) is 0 Å². The fourth-order valence-corrected chi connectivity index (χ4v) is 6.57. The van der Waals surface area contributed by atoms with Crippen LogP contribution < -0.4 is 43.7 Å². The number of hydrogen-bond donors (Lipinski definition) is 0. The monoisotopic (exact) mass is 438 g/mol. The summed E-state index contributed by atoms with van der Waals surface area (Å²) in [5.41, 5.74) is 20.1. The molecular formula is C26H38B8. The van der Waals surface area contributed by atoms with E-state index in [2.05, 4.69) is 129 Å². The van der Waals surface area contributed by atoms with E-state index in [-0.39, 0.29) is 10.8 Å². The minimum Gasteiger partial charge on any atom is -0.0915 e. The molecule has 0 atom stereocenters. The van der Waals surface area contributed by atoms with Crippen molar-refractivity contribution in [2.45, 2.75) is 52.4 Å². The molecule has 166 valence electrons. The molecule has 8 heteroatoms. The topological polar surface area (TPSA) is 0 Å². The lowest BCUT2D eigenvalue weighted by Gasteiger charge is -2.31. The number of hydrogen-bond acceptors (Lipinski definition) is 0. The van der Waals surface area contributed by atoms with E-state index >= 15 is 0 Å². The Labute approximate surface area is 216 Å². The van der Waals surface area contributed by atoms with Crippen LogP contribution in [-0.4, -0.2) is 62.8 Å². The average Bonchev–Trinajstić information content (AvgIpc) is 2.70. The summed E-state index contributed by atoms with van der Waals surface area (Å²) in [6.45, 7) is 14.0. The minimum absolute atomic E-state index is 0.141. The molecule has 0 fully saturated rings. The predicted octanol–water partition coefficient (Wildman–Crippen LogP) is -6.32. The summed E-state index contributed by atoms with van der Waals surface area (Å²) in [7, 11) is 18.5. The SMILES string of the molecule is Bc1c(B)c(C(C)(C)C)c(B)c(B)c1-c1cccc(-c2c(B)c(B)c(C(C)(C)C)c(B)c2B)c1. The second-order valence-corrected chi connectivity index (χ2v) is 12.6. The highest BCUT2D eigenvalue weighted by Crippen LogP contribution is 2.25. The van der Waals surface area contributed by atoms with Crippen molar-refractivity contribution in [1.82, 2.24) is 0 Å². The van der Waals surface area contributed by atoms with Crippen LogP contribution in [0.3, 0.4) is 0 Å². The maximum atomic E-state index is 2.43. The summed E-state index contributed by atoms with van der Waals surface area (Å²) in [4.78, 5) is 0. The molecule has 0 spiro atoms. The van der Waals surface area contributed by atoms with Crippen LogP contribution >= 0.6 is 0 Å². The molecule has 0 heterocycles. The molecule has 0 saturated heterocycles. The van der Waals surface area contributed by atoms with Crippen molar-refractivity contribution in [2.75, 3.05) is 0 Å². The van der Waals surface area contributed by atoms with Gasteiger partial charge in [0.15, 0.2) is 0 Å². The molecule has 0 aliphatic carbocycles. The maximum absolute atomic E-state index is 2.43. The van der Waals surface area contributed by atoms with Gasteiger partial charge in [-0.1, -0.05) is 115 Å². The standard InChI is InChI=1S/C26H38B8/c1-25(2,3)15-21(31)17(27)13(18(28)22(15)32)11-8-7-9-12(10-11)14-19(29)23(33)16(26(4,5)6)24(34)20(14)30/h7-10H,27-34H2,1-6H3. The molecule has 0 aromatic heterocycles. The third kappa shape index (κ3) is 4.43. The zero-order chi connectivity index (χ0) is 25.9. The van der Waals surface area contributed by atoms with Gasteiger partial charge in [-0.3, -0.25) is 0 Å². The van der Waals surface area contributed by atoms with Gasteiger partial charge in [-0.2, -0.15) is 0 Å². The molecule has 0 nitrogen and oxygen atoms in total. The Balaban J connectivity index is 2.31. The van der Waals surface area contributed by atoms with Crippen LogP contribution in [0.1, 0.15) is 52.7 Å². The Bertz CT molecular complexity index is 1140. The Kier molecular flexibility index (Phi) is 7.09. The molecule has 0 aliphatic heterocycles. The van der Waals surface area contributed by atoms with Gasteiger partial charge in [0, 0.05) is 0 Å². The van der Waals surface area contributed by atoms with Gasteiger partial charge >= 0.3 is 0 Å². The first-order valence-corrected chi connectivity index (χ1v) is 12.8. The molecule has 0 amide bonds. The van der Waals surface area contributed by atoms with Crippen molar-refractivity contribution in [3.05, 3.63) is 35.4 Å². The summed E-state index contributed by atoms with van der Waals surface area (Å²) in [5.74, 6) is 0. The van der Waals surface area contributed by atoms with E-state index in [0.29, 0.717) is 0 Å². The van der Waals surface area contributed by atoms with Crippen molar-refractivity contribution in [1.29, 1.82) is 0 Å². The Morgan fingerprint density at radius 1 is 0.441 bits per heavy atom. The molecular weight excluding hydrogens is 399 g/mol. The highest BCUT2D eigenvalue weighted by Gasteiger charge is 2.25. The minimum atomic E-state index is 0.141. The van der Waals surface area contributed by atoms with Crippen LogP contribution in [0.25, 0.3) is 22.3 Å². The first kappa shape index (κ1) is 26.8. The molecule has 0 aliphatic rings. The van der Waals surface area contributed by atoms with Gasteiger partial charge < -0.3 is 0 Å². The molecule has 0 N–H and O–H groups in total. The summed E-state index contributed by atoms with van der Waals surface area (Å²) in [6, 6.07) is 9.26. The van der Waals surface area contributed by atoms with Gasteiger partial charge in [-0.05, 0) is 39.2 Å². The predicted molar refractivity (Wildman–Crippen MR) is 180 cm³/mol. The first-order chi connectivity index (χ1) is 15.5. The van der Waals surface area contributed by atoms with E-state index in [1.54, 1.807) is 0 Å². The Morgan fingerprint density at radius 2 is 0.706 bits per heavy atom. The third-order valence-corrected chi connectivity index (χ3v) is 8.19. The second kappa shape index (κ2) is 9.00. The molecule has 0 saturated carbocycles. The fraction of sp³-hybridized carbons (Fsp3) is 0.308. The summed E-state index contributed by atoms with van der Waals surface area (Å²) in [6.07, 6.45) is 0. The summed E-state index contributed by atoms with van der Waals surface area (Å²) in [5, 5.41) is 0. The second-order valence-electron chi connectivity index (χ2n) is 12.6. The summed E-state index contributed by atoms with van der Waals surface area (Å²) >= 11 is 0. The van der Waals surface area contributed by atoms with Crippen LogP contribution in [0.2, 0.25) is 0 Å². The lowest BCUT2D eigenvalue weighted by atomic mass is 9.58. The van der Waals surface area contributed by atoms with E-state index in [9.17, 15) is 0 Å². The highest BCUT2D eigenvalue weighted by molar-refractivity contribution is 6.61. The number of benzene rings is 3. The Hall–Kier alpha value is -1.82. The fourth-order valence-electron chi connectivity index (χ4n) is 6.57. The van der Waals surface area contributed by atoms with Crippen molar-refractivity contribution < 1.29 is 0 Å². The van der Waals surface area contributed by atoms with Gasteiger partial charge in [-0.15, -0.1) is 0 Å². The zero-order valence-electron chi connectivity index (χ0n) is 24.3. The van der Waals surface area contributed by atoms with Crippen LogP contribution in [0.5, 0.6) is 0 Å². The number of rotatable bonds is 2. The lowest BCUT2D eigenvalue weighted by molar-refractivity contribution is 0.598.